The van der Waals surface area contributed by atoms with Crippen LogP contribution in [0.1, 0.15) is 23.2 Å². The number of hydrogen-bond donors (Lipinski definition) is 0. The maximum atomic E-state index is 12.3. The molecule has 0 aliphatic carbocycles. The predicted octanol–water partition coefficient (Wildman–Crippen LogP) is 1.83. The van der Waals surface area contributed by atoms with Gasteiger partial charge in [-0.05, 0) is 30.9 Å². The second kappa shape index (κ2) is 5.86. The normalized spacial score (nSPS) is 16.3. The van der Waals surface area contributed by atoms with E-state index in [9.17, 15) is 4.79 Å². The van der Waals surface area contributed by atoms with Gasteiger partial charge in [0.1, 0.15) is 0 Å². The van der Waals surface area contributed by atoms with Crippen LogP contribution in [-0.4, -0.2) is 38.4 Å². The molecule has 5 nitrogen and oxygen atoms in total. The first-order chi connectivity index (χ1) is 9.83. The maximum absolute atomic E-state index is 12.3. The fraction of sp³-hybridized carbons (Fsp3) is 0.400. The summed E-state index contributed by atoms with van der Waals surface area (Å²) in [6, 6.07) is 3.63. The molecule has 3 heterocycles. The molecular formula is C15H18N4O. The van der Waals surface area contributed by atoms with Crippen LogP contribution in [0.15, 0.2) is 43.2 Å². The summed E-state index contributed by atoms with van der Waals surface area (Å²) < 4.78 is 2.11. The minimum Gasteiger partial charge on any atom is -0.339 e. The van der Waals surface area contributed by atoms with Gasteiger partial charge in [0.2, 0.25) is 0 Å². The van der Waals surface area contributed by atoms with Crippen molar-refractivity contribution in [2.75, 3.05) is 13.1 Å². The van der Waals surface area contributed by atoms with E-state index in [2.05, 4.69) is 14.5 Å². The Balaban J connectivity index is 1.55. The first kappa shape index (κ1) is 12.8. The molecular weight excluding hydrogens is 252 g/mol. The molecule has 1 saturated heterocycles. The Morgan fingerprint density at radius 3 is 2.75 bits per heavy atom. The smallest absolute Gasteiger partial charge is 0.255 e. The SMILES string of the molecule is O=C(c1cccnc1)N1CCC(Cn2ccnc2)CC1. The molecule has 104 valence electrons. The zero-order valence-corrected chi connectivity index (χ0v) is 11.4. The summed E-state index contributed by atoms with van der Waals surface area (Å²) in [6.45, 7) is 2.65. The highest BCUT2D eigenvalue weighted by Gasteiger charge is 2.23. The number of imidazole rings is 1. The highest BCUT2D eigenvalue weighted by molar-refractivity contribution is 5.93. The van der Waals surface area contributed by atoms with Crippen molar-refractivity contribution in [1.82, 2.24) is 19.4 Å². The number of rotatable bonds is 3. The standard InChI is InChI=1S/C15H18N4O/c20-15(14-2-1-5-16-10-14)19-7-3-13(4-8-19)11-18-9-6-17-12-18/h1-2,5-6,9-10,12-13H,3-4,7-8,11H2. The molecule has 0 N–H and O–H groups in total. The minimum atomic E-state index is 0.0965. The summed E-state index contributed by atoms with van der Waals surface area (Å²) in [4.78, 5) is 22.3. The first-order valence-electron chi connectivity index (χ1n) is 6.98. The van der Waals surface area contributed by atoms with Gasteiger partial charge in [0, 0.05) is 44.4 Å². The van der Waals surface area contributed by atoms with Crippen LogP contribution in [-0.2, 0) is 6.54 Å². The van der Waals surface area contributed by atoms with E-state index < -0.39 is 0 Å². The summed E-state index contributed by atoms with van der Waals surface area (Å²) in [5, 5.41) is 0. The van der Waals surface area contributed by atoms with Crippen LogP contribution in [0, 0.1) is 5.92 Å². The summed E-state index contributed by atoms with van der Waals surface area (Å²) >= 11 is 0. The fourth-order valence-electron chi connectivity index (χ4n) is 2.68. The number of amides is 1. The van der Waals surface area contributed by atoms with Crippen molar-refractivity contribution in [3.8, 4) is 0 Å². The van der Waals surface area contributed by atoms with Crippen molar-refractivity contribution in [2.45, 2.75) is 19.4 Å². The van der Waals surface area contributed by atoms with Crippen molar-refractivity contribution in [3.63, 3.8) is 0 Å². The third kappa shape index (κ3) is 2.87. The number of aromatic nitrogens is 3. The number of carbonyl (C=O) groups is 1. The lowest BCUT2D eigenvalue weighted by atomic mass is 9.96. The summed E-state index contributed by atoms with van der Waals surface area (Å²) in [5.74, 6) is 0.723. The molecule has 0 radical (unpaired) electrons. The largest absolute Gasteiger partial charge is 0.339 e. The fourth-order valence-corrected chi connectivity index (χ4v) is 2.68. The Labute approximate surface area is 118 Å². The van der Waals surface area contributed by atoms with E-state index in [1.54, 1.807) is 24.7 Å². The van der Waals surface area contributed by atoms with Gasteiger partial charge in [0.15, 0.2) is 0 Å². The van der Waals surface area contributed by atoms with Gasteiger partial charge >= 0.3 is 0 Å². The maximum Gasteiger partial charge on any atom is 0.255 e. The Bertz CT molecular complexity index is 545. The van der Waals surface area contributed by atoms with E-state index >= 15 is 0 Å². The van der Waals surface area contributed by atoms with Gasteiger partial charge in [-0.15, -0.1) is 0 Å². The van der Waals surface area contributed by atoms with Gasteiger partial charge in [0.05, 0.1) is 11.9 Å². The lowest BCUT2D eigenvalue weighted by molar-refractivity contribution is 0.0682. The lowest BCUT2D eigenvalue weighted by Gasteiger charge is -2.32. The average molecular weight is 270 g/mol. The van der Waals surface area contributed by atoms with E-state index in [-0.39, 0.29) is 5.91 Å². The molecule has 20 heavy (non-hydrogen) atoms. The number of nitrogens with zero attached hydrogens (tertiary/aromatic N) is 4. The van der Waals surface area contributed by atoms with Crippen molar-refractivity contribution in [3.05, 3.63) is 48.8 Å². The summed E-state index contributed by atoms with van der Waals surface area (Å²) in [7, 11) is 0. The van der Waals surface area contributed by atoms with E-state index in [0.29, 0.717) is 11.5 Å². The molecule has 0 aromatic carbocycles. The quantitative estimate of drug-likeness (QED) is 0.855. The molecule has 1 fully saturated rings. The topological polar surface area (TPSA) is 51.0 Å². The second-order valence-electron chi connectivity index (χ2n) is 5.24. The Morgan fingerprint density at radius 1 is 1.25 bits per heavy atom. The van der Waals surface area contributed by atoms with Crippen LogP contribution in [0.2, 0.25) is 0 Å². The third-order valence-corrected chi connectivity index (χ3v) is 3.84. The van der Waals surface area contributed by atoms with Crippen LogP contribution in [0.3, 0.4) is 0 Å². The zero-order chi connectivity index (χ0) is 13.8. The molecule has 1 aliphatic rings. The molecule has 3 rings (SSSR count). The van der Waals surface area contributed by atoms with Gasteiger partial charge < -0.3 is 9.47 Å². The van der Waals surface area contributed by atoms with E-state index in [1.807, 2.05) is 23.5 Å². The Hall–Kier alpha value is -2.17. The van der Waals surface area contributed by atoms with E-state index in [0.717, 1.165) is 32.5 Å². The minimum absolute atomic E-state index is 0.0965. The number of likely N-dealkylation sites (tertiary alicyclic amines) is 1. The van der Waals surface area contributed by atoms with Crippen LogP contribution in [0.4, 0.5) is 0 Å². The van der Waals surface area contributed by atoms with Crippen LogP contribution >= 0.6 is 0 Å². The molecule has 5 heteroatoms. The monoisotopic (exact) mass is 270 g/mol. The molecule has 2 aromatic heterocycles. The van der Waals surface area contributed by atoms with Crippen molar-refractivity contribution in [1.29, 1.82) is 0 Å². The molecule has 2 aromatic rings. The first-order valence-corrected chi connectivity index (χ1v) is 6.98. The number of carbonyl (C=O) groups excluding carboxylic acids is 1. The molecule has 0 spiro atoms. The molecule has 1 aliphatic heterocycles. The zero-order valence-electron chi connectivity index (χ0n) is 11.4. The van der Waals surface area contributed by atoms with Gasteiger partial charge in [-0.1, -0.05) is 0 Å². The highest BCUT2D eigenvalue weighted by atomic mass is 16.2. The Kier molecular flexibility index (Phi) is 3.76. The molecule has 0 unspecified atom stereocenters. The van der Waals surface area contributed by atoms with Crippen molar-refractivity contribution >= 4 is 5.91 Å². The Morgan fingerprint density at radius 2 is 2.10 bits per heavy atom. The highest BCUT2D eigenvalue weighted by Crippen LogP contribution is 2.20. The summed E-state index contributed by atoms with van der Waals surface area (Å²) in [5.41, 5.74) is 0.681. The molecule has 0 atom stereocenters. The lowest BCUT2D eigenvalue weighted by Crippen LogP contribution is -2.39. The van der Waals surface area contributed by atoms with Gasteiger partial charge in [-0.25, -0.2) is 4.98 Å². The second-order valence-corrected chi connectivity index (χ2v) is 5.24. The van der Waals surface area contributed by atoms with Crippen molar-refractivity contribution < 1.29 is 4.79 Å². The van der Waals surface area contributed by atoms with Crippen LogP contribution in [0.25, 0.3) is 0 Å². The molecule has 0 bridgehead atoms. The van der Waals surface area contributed by atoms with Gasteiger partial charge in [-0.3, -0.25) is 9.78 Å². The molecule has 1 amide bonds. The number of pyridine rings is 1. The average Bonchev–Trinajstić information content (AvgIpc) is 3.01. The van der Waals surface area contributed by atoms with Gasteiger partial charge in [-0.2, -0.15) is 0 Å². The van der Waals surface area contributed by atoms with Crippen molar-refractivity contribution in [2.24, 2.45) is 5.92 Å². The van der Waals surface area contributed by atoms with E-state index in [4.69, 9.17) is 0 Å². The summed E-state index contributed by atoms with van der Waals surface area (Å²) in [6.07, 6.45) is 11.1. The number of hydrogen-bond acceptors (Lipinski definition) is 3. The predicted molar refractivity (Wildman–Crippen MR) is 75.1 cm³/mol. The van der Waals surface area contributed by atoms with Crippen LogP contribution < -0.4 is 0 Å². The van der Waals surface area contributed by atoms with E-state index in [1.165, 1.54) is 0 Å². The van der Waals surface area contributed by atoms with Gasteiger partial charge in [0.25, 0.3) is 5.91 Å². The third-order valence-electron chi connectivity index (χ3n) is 3.84. The molecule has 0 saturated carbocycles. The number of piperidine rings is 1. The van der Waals surface area contributed by atoms with Crippen LogP contribution in [0.5, 0.6) is 0 Å².